The first kappa shape index (κ1) is 18.2. The number of hydrogen-bond donors (Lipinski definition) is 3. The molecule has 0 saturated heterocycles. The van der Waals surface area contributed by atoms with E-state index < -0.39 is 6.03 Å². The van der Waals surface area contributed by atoms with Crippen LogP contribution >= 0.6 is 0 Å². The third kappa shape index (κ3) is 5.15. The second-order valence-corrected chi connectivity index (χ2v) is 5.91. The van der Waals surface area contributed by atoms with Gasteiger partial charge in [-0.05, 0) is 18.9 Å². The predicted octanol–water partition coefficient (Wildman–Crippen LogP) is 1.35. The topological polar surface area (TPSA) is 74.8 Å². The van der Waals surface area contributed by atoms with Gasteiger partial charge in [0.05, 0.1) is 0 Å². The maximum atomic E-state index is 12.0. The number of imide groups is 1. The standard InChI is InChI=1S/C17H27N3O2/c1-6-13-7-9-14(10-8-13)15(11(2)3)19-12(4)16(21)20-17(22)18-5/h7-12,15,19H,6H2,1-5H3,(H2,18,20,21,22)/p+1/t12-,15-/m1/s1. The lowest BCUT2D eigenvalue weighted by Gasteiger charge is -2.23. The van der Waals surface area contributed by atoms with Crippen LogP contribution in [-0.2, 0) is 11.2 Å². The maximum Gasteiger partial charge on any atom is 0.321 e. The summed E-state index contributed by atoms with van der Waals surface area (Å²) in [4.78, 5) is 23.2. The van der Waals surface area contributed by atoms with E-state index in [-0.39, 0.29) is 18.0 Å². The lowest BCUT2D eigenvalue weighted by atomic mass is 9.94. The number of carbonyl (C=O) groups excluding carboxylic acids is 2. The van der Waals surface area contributed by atoms with Crippen LogP contribution in [0, 0.1) is 5.92 Å². The highest BCUT2D eigenvalue weighted by Gasteiger charge is 2.26. The molecule has 4 N–H and O–H groups in total. The van der Waals surface area contributed by atoms with Gasteiger partial charge in [-0.1, -0.05) is 45.0 Å². The number of rotatable bonds is 6. The highest BCUT2D eigenvalue weighted by Crippen LogP contribution is 2.18. The Labute approximate surface area is 132 Å². The molecule has 5 nitrogen and oxygen atoms in total. The van der Waals surface area contributed by atoms with Crippen LogP contribution in [0.25, 0.3) is 0 Å². The molecule has 122 valence electrons. The number of benzene rings is 1. The van der Waals surface area contributed by atoms with Crippen molar-refractivity contribution in [2.24, 2.45) is 5.92 Å². The molecule has 0 spiro atoms. The summed E-state index contributed by atoms with van der Waals surface area (Å²) >= 11 is 0. The van der Waals surface area contributed by atoms with Crippen LogP contribution in [0.4, 0.5) is 4.79 Å². The van der Waals surface area contributed by atoms with Crippen LogP contribution in [0.1, 0.15) is 44.9 Å². The first-order valence-corrected chi connectivity index (χ1v) is 7.85. The van der Waals surface area contributed by atoms with E-state index >= 15 is 0 Å². The van der Waals surface area contributed by atoms with E-state index in [0.717, 1.165) is 6.42 Å². The van der Waals surface area contributed by atoms with E-state index in [1.54, 1.807) is 0 Å². The van der Waals surface area contributed by atoms with E-state index in [1.807, 2.05) is 12.2 Å². The molecule has 0 unspecified atom stereocenters. The Balaban J connectivity index is 2.78. The third-order valence-electron chi connectivity index (χ3n) is 3.86. The van der Waals surface area contributed by atoms with Crippen molar-refractivity contribution in [1.82, 2.24) is 10.6 Å². The Morgan fingerprint density at radius 3 is 2.18 bits per heavy atom. The average Bonchev–Trinajstić information content (AvgIpc) is 2.51. The SMILES string of the molecule is CCc1ccc([C@H]([NH2+][C@H](C)C(=O)NC(=O)NC)C(C)C)cc1. The minimum absolute atomic E-state index is 0.177. The largest absolute Gasteiger partial charge is 0.341 e. The molecule has 5 heteroatoms. The van der Waals surface area contributed by atoms with Crippen LogP contribution in [0.15, 0.2) is 24.3 Å². The number of carbonyl (C=O) groups is 2. The first-order valence-electron chi connectivity index (χ1n) is 7.85. The van der Waals surface area contributed by atoms with Crippen LogP contribution in [0.3, 0.4) is 0 Å². The van der Waals surface area contributed by atoms with Gasteiger partial charge in [-0.2, -0.15) is 0 Å². The molecule has 0 fully saturated rings. The summed E-state index contributed by atoms with van der Waals surface area (Å²) in [6.45, 7) is 8.22. The Bertz CT molecular complexity index is 497. The molecule has 0 aliphatic carbocycles. The summed E-state index contributed by atoms with van der Waals surface area (Å²) in [5.41, 5.74) is 2.50. The second kappa shape index (κ2) is 8.54. The molecule has 0 radical (unpaired) electrons. The summed E-state index contributed by atoms with van der Waals surface area (Å²) < 4.78 is 0. The molecule has 0 aliphatic heterocycles. The number of hydrogen-bond acceptors (Lipinski definition) is 2. The van der Waals surface area contributed by atoms with Crippen molar-refractivity contribution < 1.29 is 14.9 Å². The van der Waals surface area contributed by atoms with Crippen molar-refractivity contribution in [3.05, 3.63) is 35.4 Å². The molecule has 0 bridgehead atoms. The number of amides is 3. The molecule has 0 aromatic heterocycles. The molecule has 3 amide bonds. The fraction of sp³-hybridized carbons (Fsp3) is 0.529. The van der Waals surface area contributed by atoms with Gasteiger partial charge >= 0.3 is 6.03 Å². The van der Waals surface area contributed by atoms with Crippen molar-refractivity contribution >= 4 is 11.9 Å². The Kier molecular flexibility index (Phi) is 7.05. The molecule has 0 aliphatic rings. The molecule has 1 aromatic rings. The van der Waals surface area contributed by atoms with Crippen LogP contribution in [0.2, 0.25) is 0 Å². The summed E-state index contributed by atoms with van der Waals surface area (Å²) in [5.74, 6) is 0.0953. The van der Waals surface area contributed by atoms with E-state index in [4.69, 9.17) is 0 Å². The van der Waals surface area contributed by atoms with E-state index in [2.05, 4.69) is 55.7 Å². The van der Waals surface area contributed by atoms with Crippen LogP contribution in [0.5, 0.6) is 0 Å². The smallest absolute Gasteiger partial charge is 0.321 e. The number of urea groups is 1. The fourth-order valence-electron chi connectivity index (χ4n) is 2.38. The number of aryl methyl sites for hydroxylation is 1. The summed E-state index contributed by atoms with van der Waals surface area (Å²) in [5, 5.41) is 6.73. The lowest BCUT2D eigenvalue weighted by molar-refractivity contribution is -0.719. The van der Waals surface area contributed by atoms with Gasteiger partial charge in [0.25, 0.3) is 5.91 Å². The zero-order chi connectivity index (χ0) is 16.7. The molecule has 1 aromatic carbocycles. The van der Waals surface area contributed by atoms with Gasteiger partial charge in [-0.15, -0.1) is 0 Å². The number of nitrogens with two attached hydrogens (primary N) is 1. The van der Waals surface area contributed by atoms with Gasteiger partial charge in [-0.25, -0.2) is 4.79 Å². The van der Waals surface area contributed by atoms with Crippen molar-refractivity contribution in [3.63, 3.8) is 0 Å². The van der Waals surface area contributed by atoms with Crippen LogP contribution in [-0.4, -0.2) is 25.0 Å². The maximum absolute atomic E-state index is 12.0. The fourth-order valence-corrected chi connectivity index (χ4v) is 2.38. The van der Waals surface area contributed by atoms with Crippen molar-refractivity contribution in [2.75, 3.05) is 7.05 Å². The summed E-state index contributed by atoms with van der Waals surface area (Å²) in [7, 11) is 1.49. The van der Waals surface area contributed by atoms with Crippen molar-refractivity contribution in [3.8, 4) is 0 Å². The minimum atomic E-state index is -0.473. The van der Waals surface area contributed by atoms with Gasteiger partial charge in [0, 0.05) is 18.5 Å². The first-order chi connectivity index (χ1) is 10.4. The molecule has 0 heterocycles. The molecular weight excluding hydrogens is 278 g/mol. The van der Waals surface area contributed by atoms with Gasteiger partial charge in [-0.3, -0.25) is 10.1 Å². The van der Waals surface area contributed by atoms with E-state index in [1.165, 1.54) is 18.2 Å². The van der Waals surface area contributed by atoms with Crippen molar-refractivity contribution in [2.45, 2.75) is 46.2 Å². The van der Waals surface area contributed by atoms with E-state index in [0.29, 0.717) is 5.92 Å². The van der Waals surface area contributed by atoms with Gasteiger partial charge < -0.3 is 10.6 Å². The number of quaternary nitrogens is 1. The third-order valence-corrected chi connectivity index (χ3v) is 3.86. The highest BCUT2D eigenvalue weighted by atomic mass is 16.2. The normalized spacial score (nSPS) is 13.5. The summed E-state index contributed by atoms with van der Waals surface area (Å²) in [6, 6.07) is 7.89. The quantitative estimate of drug-likeness (QED) is 0.742. The van der Waals surface area contributed by atoms with Gasteiger partial charge in [0.15, 0.2) is 6.04 Å². The van der Waals surface area contributed by atoms with Crippen molar-refractivity contribution in [1.29, 1.82) is 0 Å². The molecule has 22 heavy (non-hydrogen) atoms. The minimum Gasteiger partial charge on any atom is -0.341 e. The molecule has 0 saturated carbocycles. The zero-order valence-corrected chi connectivity index (χ0v) is 14.1. The lowest BCUT2D eigenvalue weighted by Crippen LogP contribution is -2.93. The molecular formula is C17H28N3O2+. The monoisotopic (exact) mass is 306 g/mol. The van der Waals surface area contributed by atoms with Crippen LogP contribution < -0.4 is 16.0 Å². The Hall–Kier alpha value is -1.88. The average molecular weight is 306 g/mol. The van der Waals surface area contributed by atoms with Gasteiger partial charge in [0.1, 0.15) is 6.04 Å². The molecule has 2 atom stereocenters. The van der Waals surface area contributed by atoms with Gasteiger partial charge in [0.2, 0.25) is 0 Å². The highest BCUT2D eigenvalue weighted by molar-refractivity contribution is 5.95. The predicted molar refractivity (Wildman–Crippen MR) is 87.4 cm³/mol. The number of nitrogens with one attached hydrogen (secondary N) is 2. The zero-order valence-electron chi connectivity index (χ0n) is 14.1. The Morgan fingerprint density at radius 1 is 1.14 bits per heavy atom. The van der Waals surface area contributed by atoms with E-state index in [9.17, 15) is 9.59 Å². The Morgan fingerprint density at radius 2 is 1.73 bits per heavy atom. The summed E-state index contributed by atoms with van der Waals surface area (Å²) in [6.07, 6.45) is 1.02. The molecule has 1 rings (SSSR count). The second-order valence-electron chi connectivity index (χ2n) is 5.91.